The van der Waals surface area contributed by atoms with Gasteiger partial charge in [-0.2, -0.15) is 0 Å². The van der Waals surface area contributed by atoms with E-state index in [1.807, 2.05) is 91.9 Å². The molecule has 0 atom stereocenters. The minimum absolute atomic E-state index is 0.0290. The number of carbonyl (C=O) groups is 1. The van der Waals surface area contributed by atoms with E-state index in [-0.39, 0.29) is 26.1 Å². The van der Waals surface area contributed by atoms with Crippen LogP contribution in [0.2, 0.25) is 0 Å². The predicted molar refractivity (Wildman–Crippen MR) is 132 cm³/mol. The van der Waals surface area contributed by atoms with Crippen LogP contribution in [0.4, 0.5) is 0 Å². The molecule has 4 rings (SSSR count). The van der Waals surface area contributed by atoms with Crippen LogP contribution in [-0.4, -0.2) is 21.8 Å². The van der Waals surface area contributed by atoms with Gasteiger partial charge in [-0.25, -0.2) is 4.98 Å². The van der Waals surface area contributed by atoms with Crippen LogP contribution in [0.25, 0.3) is 11.5 Å². The third-order valence-corrected chi connectivity index (χ3v) is 5.33. The largest absolute Gasteiger partial charge is 0.487 e. The lowest BCUT2D eigenvalue weighted by atomic mass is 10.1. The Bertz CT molecular complexity index is 1280. The Labute approximate surface area is 203 Å². The van der Waals surface area contributed by atoms with Gasteiger partial charge >= 0.3 is 5.97 Å². The summed E-state index contributed by atoms with van der Waals surface area (Å²) in [6.07, 6.45) is 0.242. The highest BCUT2D eigenvalue weighted by Crippen LogP contribution is 2.24. The van der Waals surface area contributed by atoms with Gasteiger partial charge in [-0.1, -0.05) is 71.9 Å². The molecule has 0 bridgehead atoms. The summed E-state index contributed by atoms with van der Waals surface area (Å²) < 4.78 is 11.9. The summed E-state index contributed by atoms with van der Waals surface area (Å²) in [6, 6.07) is 26.7. The molecular formula is C28H26N2O5. The van der Waals surface area contributed by atoms with Crippen LogP contribution in [0.15, 0.2) is 94.5 Å². The fourth-order valence-corrected chi connectivity index (χ4v) is 3.45. The number of para-hydroxylation sites is 1. The van der Waals surface area contributed by atoms with Gasteiger partial charge in [0.05, 0.1) is 12.1 Å². The summed E-state index contributed by atoms with van der Waals surface area (Å²) in [7, 11) is 0. The topological polar surface area (TPSA) is 94.2 Å². The Morgan fingerprint density at radius 1 is 0.914 bits per heavy atom. The van der Waals surface area contributed by atoms with Gasteiger partial charge in [0.1, 0.15) is 30.4 Å². The molecule has 1 aromatic heterocycles. The molecule has 0 fully saturated rings. The highest BCUT2D eigenvalue weighted by atomic mass is 16.6. The summed E-state index contributed by atoms with van der Waals surface area (Å²) in [5.41, 5.74) is 3.85. The Morgan fingerprint density at radius 3 is 2.34 bits per heavy atom. The summed E-state index contributed by atoms with van der Waals surface area (Å²) in [4.78, 5) is 21.3. The van der Waals surface area contributed by atoms with Crippen molar-refractivity contribution in [1.29, 1.82) is 0 Å². The number of carboxylic acids is 1. The molecule has 3 aromatic carbocycles. The van der Waals surface area contributed by atoms with E-state index in [2.05, 4.69) is 10.1 Å². The van der Waals surface area contributed by atoms with Crippen LogP contribution in [0.1, 0.15) is 35.4 Å². The molecule has 7 heteroatoms. The number of oxazole rings is 1. The maximum absolute atomic E-state index is 11.0. The predicted octanol–water partition coefficient (Wildman–Crippen LogP) is 6.01. The number of benzene rings is 3. The molecule has 0 aliphatic rings. The van der Waals surface area contributed by atoms with E-state index < -0.39 is 5.97 Å². The SMILES string of the molecule is Cc1oc(-c2ccccc2)nc1COc1ccccc1CO/N=C(\CCC(=O)O)c1ccccc1. The van der Waals surface area contributed by atoms with Crippen molar-refractivity contribution in [3.63, 3.8) is 0 Å². The molecule has 0 saturated heterocycles. The molecule has 0 unspecified atom stereocenters. The minimum Gasteiger partial charge on any atom is -0.487 e. The van der Waals surface area contributed by atoms with E-state index >= 15 is 0 Å². The van der Waals surface area contributed by atoms with Crippen molar-refractivity contribution >= 4 is 11.7 Å². The van der Waals surface area contributed by atoms with Crippen molar-refractivity contribution in [2.75, 3.05) is 0 Å². The van der Waals surface area contributed by atoms with E-state index in [9.17, 15) is 4.79 Å². The van der Waals surface area contributed by atoms with Crippen LogP contribution in [-0.2, 0) is 22.8 Å². The fourth-order valence-electron chi connectivity index (χ4n) is 3.45. The zero-order chi connectivity index (χ0) is 24.5. The van der Waals surface area contributed by atoms with Crippen LogP contribution in [0.3, 0.4) is 0 Å². The maximum atomic E-state index is 11.0. The Morgan fingerprint density at radius 2 is 1.60 bits per heavy atom. The minimum atomic E-state index is -0.883. The number of oxime groups is 1. The Balaban J connectivity index is 1.43. The molecule has 0 spiro atoms. The first kappa shape index (κ1) is 23.8. The van der Waals surface area contributed by atoms with Crippen LogP contribution < -0.4 is 4.74 Å². The van der Waals surface area contributed by atoms with Crippen LogP contribution in [0.5, 0.6) is 5.75 Å². The van der Waals surface area contributed by atoms with E-state index in [0.717, 1.165) is 22.4 Å². The number of hydrogen-bond acceptors (Lipinski definition) is 6. The highest BCUT2D eigenvalue weighted by Gasteiger charge is 2.13. The quantitative estimate of drug-likeness (QED) is 0.213. The summed E-state index contributed by atoms with van der Waals surface area (Å²) in [5.74, 6) is 1.03. The normalized spacial score (nSPS) is 11.3. The number of rotatable bonds is 11. The second-order valence-electron chi connectivity index (χ2n) is 7.86. The first-order valence-corrected chi connectivity index (χ1v) is 11.3. The number of ether oxygens (including phenoxy) is 1. The maximum Gasteiger partial charge on any atom is 0.303 e. The average Bonchev–Trinajstić information content (AvgIpc) is 3.26. The monoisotopic (exact) mass is 470 g/mol. The molecule has 35 heavy (non-hydrogen) atoms. The van der Waals surface area contributed by atoms with Crippen LogP contribution >= 0.6 is 0 Å². The first-order valence-electron chi connectivity index (χ1n) is 11.3. The number of aliphatic carboxylic acids is 1. The number of aryl methyl sites for hydroxylation is 1. The lowest BCUT2D eigenvalue weighted by molar-refractivity contribution is -0.136. The third kappa shape index (κ3) is 6.57. The second-order valence-corrected chi connectivity index (χ2v) is 7.86. The van der Waals surface area contributed by atoms with E-state index in [1.54, 1.807) is 0 Å². The second kappa shape index (κ2) is 11.7. The van der Waals surface area contributed by atoms with Gasteiger partial charge in [-0.3, -0.25) is 4.79 Å². The van der Waals surface area contributed by atoms with Gasteiger partial charge < -0.3 is 19.1 Å². The third-order valence-electron chi connectivity index (χ3n) is 5.33. The standard InChI is InChI=1S/C28H26N2O5/c1-20-25(29-28(35-20)22-12-6-3-7-13-22)19-33-26-15-9-8-14-23(26)18-34-30-24(16-17-27(31)32)21-10-4-2-5-11-21/h2-15H,16-19H2,1H3,(H,31,32)/b30-24+. The number of nitrogens with zero attached hydrogens (tertiary/aromatic N) is 2. The molecule has 0 amide bonds. The number of hydrogen-bond donors (Lipinski definition) is 1. The molecule has 1 heterocycles. The number of carboxylic acid groups (broad SMARTS) is 1. The zero-order valence-corrected chi connectivity index (χ0v) is 19.4. The first-order chi connectivity index (χ1) is 17.1. The van der Waals surface area contributed by atoms with Crippen molar-refractivity contribution in [3.8, 4) is 17.2 Å². The molecule has 0 radical (unpaired) electrons. The van der Waals surface area contributed by atoms with Gasteiger partial charge in [-0.05, 0) is 30.7 Å². The lowest BCUT2D eigenvalue weighted by Gasteiger charge is -2.11. The van der Waals surface area contributed by atoms with Crippen LogP contribution in [0, 0.1) is 6.92 Å². The molecule has 0 saturated carbocycles. The fraction of sp³-hybridized carbons (Fsp3) is 0.179. The summed E-state index contributed by atoms with van der Waals surface area (Å²) in [6.45, 7) is 2.28. The molecular weight excluding hydrogens is 444 g/mol. The van der Waals surface area contributed by atoms with Gasteiger partial charge in [0.15, 0.2) is 0 Å². The molecule has 0 aliphatic carbocycles. The van der Waals surface area contributed by atoms with Crippen molar-refractivity contribution in [2.24, 2.45) is 5.16 Å². The molecule has 0 aliphatic heterocycles. The van der Waals surface area contributed by atoms with Gasteiger partial charge in [0.2, 0.25) is 5.89 Å². The highest BCUT2D eigenvalue weighted by molar-refractivity contribution is 6.01. The van der Waals surface area contributed by atoms with E-state index in [0.29, 0.717) is 23.1 Å². The summed E-state index contributed by atoms with van der Waals surface area (Å²) >= 11 is 0. The molecule has 178 valence electrons. The molecule has 4 aromatic rings. The van der Waals surface area contributed by atoms with Gasteiger partial charge in [0, 0.05) is 17.5 Å². The zero-order valence-electron chi connectivity index (χ0n) is 19.4. The van der Waals surface area contributed by atoms with E-state index in [4.69, 9.17) is 19.1 Å². The number of aromatic nitrogens is 1. The van der Waals surface area contributed by atoms with Crippen molar-refractivity contribution < 1.29 is 23.9 Å². The lowest BCUT2D eigenvalue weighted by Crippen LogP contribution is -2.06. The van der Waals surface area contributed by atoms with E-state index in [1.165, 1.54) is 0 Å². The Kier molecular flexibility index (Phi) is 7.91. The van der Waals surface area contributed by atoms with Crippen molar-refractivity contribution in [3.05, 3.63) is 108 Å². The van der Waals surface area contributed by atoms with Gasteiger partial charge in [-0.15, -0.1) is 0 Å². The smallest absolute Gasteiger partial charge is 0.303 e. The molecule has 7 nitrogen and oxygen atoms in total. The Hall–Kier alpha value is -4.39. The van der Waals surface area contributed by atoms with Crippen molar-refractivity contribution in [1.82, 2.24) is 4.98 Å². The van der Waals surface area contributed by atoms with Gasteiger partial charge in [0.25, 0.3) is 0 Å². The molecule has 1 N–H and O–H groups in total. The summed E-state index contributed by atoms with van der Waals surface area (Å²) in [5, 5.41) is 13.3. The van der Waals surface area contributed by atoms with Crippen molar-refractivity contribution in [2.45, 2.75) is 33.0 Å². The average molecular weight is 471 g/mol.